The van der Waals surface area contributed by atoms with Crippen molar-refractivity contribution >= 4 is 11.6 Å². The Morgan fingerprint density at radius 3 is 2.42 bits per heavy atom. The van der Waals surface area contributed by atoms with Gasteiger partial charge in [-0.1, -0.05) is 0 Å². The number of allylic oxidation sites excluding steroid dienone is 1. The fourth-order valence-corrected chi connectivity index (χ4v) is 3.81. The van der Waals surface area contributed by atoms with E-state index in [-0.39, 0.29) is 11.8 Å². The van der Waals surface area contributed by atoms with Crippen LogP contribution in [0.3, 0.4) is 0 Å². The Hall–Kier alpha value is -3.55. The number of urea groups is 1. The monoisotopic (exact) mass is 432 g/mol. The molecule has 162 valence electrons. The number of likely N-dealkylation sites (tertiary alicyclic amines) is 1. The van der Waals surface area contributed by atoms with E-state index in [0.29, 0.717) is 56.7 Å². The van der Waals surface area contributed by atoms with Gasteiger partial charge in [0.25, 0.3) is 0 Å². The molecule has 0 bridgehead atoms. The second-order valence-electron chi connectivity index (χ2n) is 7.25. The molecule has 1 fully saturated rings. The van der Waals surface area contributed by atoms with Gasteiger partial charge >= 0.3 is 12.4 Å². The van der Waals surface area contributed by atoms with E-state index in [1.807, 2.05) is 0 Å². The maximum Gasteiger partial charge on any atom is 0.573 e. The average Bonchev–Trinajstić information content (AvgIpc) is 3.22. The Balaban J connectivity index is 1.40. The summed E-state index contributed by atoms with van der Waals surface area (Å²) in [6, 6.07) is 7.34. The lowest BCUT2D eigenvalue weighted by Crippen LogP contribution is -2.48. The third-order valence-corrected chi connectivity index (χ3v) is 5.36. The van der Waals surface area contributed by atoms with E-state index < -0.39 is 6.36 Å². The van der Waals surface area contributed by atoms with Crippen molar-refractivity contribution in [1.82, 2.24) is 24.6 Å². The van der Waals surface area contributed by atoms with E-state index in [1.165, 1.54) is 30.6 Å². The van der Waals surface area contributed by atoms with Crippen molar-refractivity contribution in [2.24, 2.45) is 0 Å². The normalized spacial score (nSPS) is 16.5. The molecule has 31 heavy (non-hydrogen) atoms. The summed E-state index contributed by atoms with van der Waals surface area (Å²) in [7, 11) is 0. The number of halogens is 3. The molecule has 0 unspecified atom stereocenters. The lowest BCUT2D eigenvalue weighted by Gasteiger charge is -2.35. The highest BCUT2D eigenvalue weighted by atomic mass is 19.4. The number of piperidine rings is 1. The van der Waals surface area contributed by atoms with Gasteiger partial charge in [0.1, 0.15) is 17.9 Å². The van der Waals surface area contributed by atoms with Crippen LogP contribution in [0.2, 0.25) is 0 Å². The molecule has 2 aliphatic rings. The lowest BCUT2D eigenvalue weighted by molar-refractivity contribution is -0.274. The van der Waals surface area contributed by atoms with E-state index >= 15 is 0 Å². The van der Waals surface area contributed by atoms with Crippen molar-refractivity contribution in [1.29, 1.82) is 5.26 Å². The van der Waals surface area contributed by atoms with Gasteiger partial charge in [-0.2, -0.15) is 10.4 Å². The Labute approximate surface area is 176 Å². The molecular formula is C20H19F3N6O2. The summed E-state index contributed by atoms with van der Waals surface area (Å²) < 4.78 is 42.6. The fraction of sp³-hybridized carbons (Fsp3) is 0.400. The van der Waals surface area contributed by atoms with Crippen LogP contribution in [-0.4, -0.2) is 56.6 Å². The van der Waals surface area contributed by atoms with Crippen LogP contribution >= 0.6 is 0 Å². The third-order valence-electron chi connectivity index (χ3n) is 5.36. The molecule has 2 aliphatic heterocycles. The fourth-order valence-electron chi connectivity index (χ4n) is 3.81. The molecule has 0 radical (unpaired) electrons. The minimum atomic E-state index is -4.76. The van der Waals surface area contributed by atoms with Crippen molar-refractivity contribution < 1.29 is 22.7 Å². The van der Waals surface area contributed by atoms with Crippen LogP contribution in [0.1, 0.15) is 24.2 Å². The standard InChI is InChI=1S/C20H19F3N6O2/c21-20(22,23)31-16-3-1-14(2-4-16)17(11-24)15-5-7-27(8-6-15)19(30)28-9-10-29-18(12-28)25-13-26-29/h1-4,13H,5-10,12H2. The van der Waals surface area contributed by atoms with Gasteiger partial charge in [0.2, 0.25) is 0 Å². The van der Waals surface area contributed by atoms with Crippen molar-refractivity contribution in [2.75, 3.05) is 19.6 Å². The summed E-state index contributed by atoms with van der Waals surface area (Å²) >= 11 is 0. The first kappa shape index (κ1) is 20.7. The molecule has 1 aromatic carbocycles. The van der Waals surface area contributed by atoms with E-state index in [4.69, 9.17) is 0 Å². The molecule has 3 heterocycles. The highest BCUT2D eigenvalue weighted by Crippen LogP contribution is 2.29. The third kappa shape index (κ3) is 4.63. The molecular weight excluding hydrogens is 413 g/mol. The largest absolute Gasteiger partial charge is 0.573 e. The second kappa shape index (κ2) is 8.29. The number of benzene rings is 1. The number of fused-ring (bicyclic) bond motifs is 1. The van der Waals surface area contributed by atoms with Crippen molar-refractivity contribution in [3.8, 4) is 11.8 Å². The predicted octanol–water partition coefficient (Wildman–Crippen LogP) is 3.19. The number of ether oxygens (including phenoxy) is 1. The zero-order chi connectivity index (χ0) is 22.0. The van der Waals surface area contributed by atoms with Crippen molar-refractivity contribution in [3.05, 3.63) is 47.6 Å². The SMILES string of the molecule is N#CC(=C1CCN(C(=O)N2CCn3ncnc3C2)CC1)c1ccc(OC(F)(F)F)cc1. The van der Waals surface area contributed by atoms with Crippen LogP contribution in [0, 0.1) is 11.3 Å². The van der Waals surface area contributed by atoms with Gasteiger partial charge in [0.15, 0.2) is 0 Å². The molecule has 4 rings (SSSR count). The number of hydrogen-bond donors (Lipinski definition) is 0. The topological polar surface area (TPSA) is 87.3 Å². The Morgan fingerprint density at radius 1 is 1.06 bits per heavy atom. The Bertz CT molecular complexity index is 1030. The molecule has 11 heteroatoms. The first-order chi connectivity index (χ1) is 14.8. The maximum atomic E-state index is 12.9. The molecule has 0 N–H and O–H groups in total. The van der Waals surface area contributed by atoms with Gasteiger partial charge in [-0.3, -0.25) is 0 Å². The van der Waals surface area contributed by atoms with Crippen LogP contribution in [0.15, 0.2) is 36.2 Å². The van der Waals surface area contributed by atoms with Gasteiger partial charge in [-0.25, -0.2) is 14.5 Å². The minimum absolute atomic E-state index is 0.0690. The number of nitrogens with zero attached hydrogens (tertiary/aromatic N) is 6. The molecule has 0 saturated carbocycles. The molecule has 0 aliphatic carbocycles. The number of aromatic nitrogens is 3. The first-order valence-electron chi connectivity index (χ1n) is 9.73. The molecule has 8 nitrogen and oxygen atoms in total. The summed E-state index contributed by atoms with van der Waals surface area (Å²) in [5.74, 6) is 0.415. The number of rotatable bonds is 2. The van der Waals surface area contributed by atoms with Crippen molar-refractivity contribution in [3.63, 3.8) is 0 Å². The zero-order valence-electron chi connectivity index (χ0n) is 16.5. The van der Waals surface area contributed by atoms with Gasteiger partial charge in [-0.15, -0.1) is 13.2 Å². The highest BCUT2D eigenvalue weighted by molar-refractivity contribution is 5.80. The quantitative estimate of drug-likeness (QED) is 0.681. The predicted molar refractivity (Wildman–Crippen MR) is 102 cm³/mol. The first-order valence-corrected chi connectivity index (χ1v) is 9.73. The summed E-state index contributed by atoms with van der Waals surface area (Å²) in [6.45, 7) is 2.51. The highest BCUT2D eigenvalue weighted by Gasteiger charge is 2.31. The smallest absolute Gasteiger partial charge is 0.406 e. The summed E-state index contributed by atoms with van der Waals surface area (Å²) in [6.07, 6.45) is -2.23. The number of alkyl halides is 3. The van der Waals surface area contributed by atoms with Crippen LogP contribution in [0.5, 0.6) is 5.75 Å². The maximum absolute atomic E-state index is 12.9. The van der Waals surface area contributed by atoms with Gasteiger partial charge in [0, 0.05) is 19.6 Å². The number of carbonyl (C=O) groups is 1. The molecule has 0 atom stereocenters. The van der Waals surface area contributed by atoms with Gasteiger partial charge < -0.3 is 14.5 Å². The van der Waals surface area contributed by atoms with E-state index in [2.05, 4.69) is 20.9 Å². The van der Waals surface area contributed by atoms with E-state index in [0.717, 1.165) is 11.4 Å². The van der Waals surface area contributed by atoms with Crippen LogP contribution in [-0.2, 0) is 13.1 Å². The van der Waals surface area contributed by atoms with Crippen LogP contribution < -0.4 is 4.74 Å². The lowest BCUT2D eigenvalue weighted by atomic mass is 9.94. The summed E-state index contributed by atoms with van der Waals surface area (Å²) in [4.78, 5) is 20.5. The van der Waals surface area contributed by atoms with Crippen LogP contribution in [0.4, 0.5) is 18.0 Å². The Morgan fingerprint density at radius 2 is 1.77 bits per heavy atom. The molecule has 1 aromatic heterocycles. The summed E-state index contributed by atoms with van der Waals surface area (Å²) in [5.41, 5.74) is 1.84. The van der Waals surface area contributed by atoms with E-state index in [1.54, 1.807) is 14.5 Å². The minimum Gasteiger partial charge on any atom is -0.406 e. The molecule has 2 aromatic rings. The van der Waals surface area contributed by atoms with E-state index in [9.17, 15) is 23.2 Å². The molecule has 0 spiro atoms. The average molecular weight is 432 g/mol. The Kier molecular flexibility index (Phi) is 5.54. The molecule has 1 saturated heterocycles. The zero-order valence-corrected chi connectivity index (χ0v) is 16.5. The van der Waals surface area contributed by atoms with Gasteiger partial charge in [0.05, 0.1) is 24.7 Å². The number of hydrogen-bond acceptors (Lipinski definition) is 5. The van der Waals surface area contributed by atoms with Crippen molar-refractivity contribution in [2.45, 2.75) is 32.3 Å². The number of amides is 2. The summed E-state index contributed by atoms with van der Waals surface area (Å²) in [5, 5.41) is 13.7. The second-order valence-corrected chi connectivity index (χ2v) is 7.25. The number of carbonyl (C=O) groups excluding carboxylic acids is 1. The van der Waals surface area contributed by atoms with Gasteiger partial charge in [-0.05, 0) is 48.2 Å². The van der Waals surface area contributed by atoms with Crippen LogP contribution in [0.25, 0.3) is 5.57 Å². The number of nitriles is 1. The molecule has 2 amide bonds.